The number of nitrogens with one attached hydrogen (secondary N) is 1. The predicted octanol–water partition coefficient (Wildman–Crippen LogP) is 6.96. The van der Waals surface area contributed by atoms with Crippen LogP contribution in [-0.2, 0) is 17.8 Å². The van der Waals surface area contributed by atoms with E-state index in [9.17, 15) is 9.90 Å². The van der Waals surface area contributed by atoms with Gasteiger partial charge in [0.15, 0.2) is 0 Å². The number of hydrogen-bond donors (Lipinski definition) is 2. The number of anilines is 2. The molecule has 0 bridgehead atoms. The molecule has 2 aromatic heterocycles. The monoisotopic (exact) mass is 503 g/mol. The summed E-state index contributed by atoms with van der Waals surface area (Å²) in [5, 5.41) is 17.7. The van der Waals surface area contributed by atoms with Crippen LogP contribution in [0.5, 0.6) is 0 Å². The molecule has 0 radical (unpaired) electrons. The van der Waals surface area contributed by atoms with Crippen LogP contribution in [-0.4, -0.2) is 36.8 Å². The van der Waals surface area contributed by atoms with E-state index in [1.807, 2.05) is 51.6 Å². The van der Waals surface area contributed by atoms with Gasteiger partial charge < -0.3 is 19.9 Å². The van der Waals surface area contributed by atoms with Crippen molar-refractivity contribution in [3.05, 3.63) is 82.3 Å². The van der Waals surface area contributed by atoms with Crippen LogP contribution in [0.2, 0.25) is 5.02 Å². The van der Waals surface area contributed by atoms with Crippen molar-refractivity contribution in [1.82, 2.24) is 4.57 Å². The van der Waals surface area contributed by atoms with Crippen molar-refractivity contribution in [2.45, 2.75) is 13.0 Å². The van der Waals surface area contributed by atoms with Gasteiger partial charge in [0, 0.05) is 65.9 Å². The Morgan fingerprint density at radius 3 is 2.60 bits per heavy atom. The number of aliphatic carboxylic acids is 1. The van der Waals surface area contributed by atoms with E-state index in [0.717, 1.165) is 44.4 Å². The molecule has 0 aliphatic rings. The Bertz CT molecular complexity index is 1570. The maximum atomic E-state index is 11.6. The third-order valence-electron chi connectivity index (χ3n) is 6.32. The summed E-state index contributed by atoms with van der Waals surface area (Å²) in [5.41, 5.74) is 7.32. The van der Waals surface area contributed by atoms with Gasteiger partial charge in [-0.05, 0) is 75.5 Å². The summed E-state index contributed by atoms with van der Waals surface area (Å²) in [5.74, 6) is -0.835. The van der Waals surface area contributed by atoms with Crippen LogP contribution in [0.1, 0.15) is 11.1 Å². The molecule has 178 valence electrons. The highest BCUT2D eigenvalue weighted by molar-refractivity contribution is 7.17. The Morgan fingerprint density at radius 2 is 1.86 bits per heavy atom. The molecule has 2 N–H and O–H groups in total. The van der Waals surface area contributed by atoms with Gasteiger partial charge in [0.2, 0.25) is 0 Å². The lowest BCUT2D eigenvalue weighted by atomic mass is 10.0. The molecule has 0 amide bonds. The van der Waals surface area contributed by atoms with E-state index in [-0.39, 0.29) is 6.42 Å². The van der Waals surface area contributed by atoms with E-state index < -0.39 is 5.97 Å². The van der Waals surface area contributed by atoms with Crippen molar-refractivity contribution >= 4 is 61.3 Å². The van der Waals surface area contributed by atoms with E-state index in [0.29, 0.717) is 11.6 Å². The van der Waals surface area contributed by atoms with Crippen LogP contribution in [0.15, 0.2) is 66.2 Å². The van der Waals surface area contributed by atoms with E-state index >= 15 is 0 Å². The average molecular weight is 504 g/mol. The molecule has 35 heavy (non-hydrogen) atoms. The minimum Gasteiger partial charge on any atom is -0.481 e. The summed E-state index contributed by atoms with van der Waals surface area (Å²) in [6.07, 6.45) is 1.96. The number of carboxylic acids is 1. The summed E-state index contributed by atoms with van der Waals surface area (Å²) in [4.78, 5) is 13.7. The number of rotatable bonds is 7. The van der Waals surface area contributed by atoms with Crippen LogP contribution in [0.4, 0.5) is 11.4 Å². The maximum absolute atomic E-state index is 11.6. The first-order chi connectivity index (χ1) is 16.8. The zero-order valence-electron chi connectivity index (χ0n) is 19.8. The Balaban J connectivity index is 1.65. The number of halogens is 1. The molecule has 0 fully saturated rings. The third-order valence-corrected chi connectivity index (χ3v) is 7.57. The summed E-state index contributed by atoms with van der Waals surface area (Å²) in [6, 6.07) is 18.7. The standard InChI is InChI=1S/C28H26ClN3O2S/c1-30-22-8-18(9-23(13-22)31(2)3)17-4-6-24-19(11-28(33)34)14-32(26(24)10-17)15-20-16-35-27-7-5-21(29)12-25(20)27/h4-10,12-14,16,30H,11,15H2,1-3H3,(H,33,34). The molecule has 5 nitrogen and oxygen atoms in total. The normalized spacial score (nSPS) is 11.3. The first-order valence-corrected chi connectivity index (χ1v) is 12.6. The highest BCUT2D eigenvalue weighted by atomic mass is 35.5. The lowest BCUT2D eigenvalue weighted by molar-refractivity contribution is -0.136. The summed E-state index contributed by atoms with van der Waals surface area (Å²) in [7, 11) is 5.98. The predicted molar refractivity (Wildman–Crippen MR) is 149 cm³/mol. The smallest absolute Gasteiger partial charge is 0.307 e. The van der Waals surface area contributed by atoms with E-state index in [1.165, 1.54) is 10.3 Å². The highest BCUT2D eigenvalue weighted by Gasteiger charge is 2.15. The van der Waals surface area contributed by atoms with E-state index in [4.69, 9.17) is 11.6 Å². The van der Waals surface area contributed by atoms with Crippen LogP contribution >= 0.6 is 22.9 Å². The van der Waals surface area contributed by atoms with Gasteiger partial charge in [-0.25, -0.2) is 0 Å². The fourth-order valence-electron chi connectivity index (χ4n) is 4.52. The fraction of sp³-hybridized carbons (Fsp3) is 0.179. The van der Waals surface area contributed by atoms with Gasteiger partial charge in [0.25, 0.3) is 0 Å². The fourth-order valence-corrected chi connectivity index (χ4v) is 5.63. The molecule has 5 aromatic rings. The molecule has 3 aromatic carbocycles. The van der Waals surface area contributed by atoms with Crippen LogP contribution in [0, 0.1) is 0 Å². The zero-order chi connectivity index (χ0) is 24.7. The van der Waals surface area contributed by atoms with Gasteiger partial charge in [0.05, 0.1) is 6.42 Å². The molecule has 0 aliphatic heterocycles. The van der Waals surface area contributed by atoms with Gasteiger partial charge in [-0.15, -0.1) is 11.3 Å². The van der Waals surface area contributed by atoms with Crippen molar-refractivity contribution in [3.8, 4) is 11.1 Å². The molecule has 0 saturated carbocycles. The minimum atomic E-state index is -0.835. The van der Waals surface area contributed by atoms with Gasteiger partial charge >= 0.3 is 5.97 Å². The molecule has 0 saturated heterocycles. The SMILES string of the molecule is CNc1cc(-c2ccc3c(CC(=O)O)cn(Cc4csc5ccc(Cl)cc45)c3c2)cc(N(C)C)c1. The minimum absolute atomic E-state index is 0.0148. The summed E-state index contributed by atoms with van der Waals surface area (Å²) < 4.78 is 3.35. The zero-order valence-corrected chi connectivity index (χ0v) is 21.4. The Kier molecular flexibility index (Phi) is 6.17. The number of carboxylic acid groups (broad SMARTS) is 1. The summed E-state index contributed by atoms with van der Waals surface area (Å²) in [6.45, 7) is 0.638. The first kappa shape index (κ1) is 23.3. The van der Waals surface area contributed by atoms with E-state index in [1.54, 1.807) is 11.3 Å². The lowest BCUT2D eigenvalue weighted by Crippen LogP contribution is -2.09. The van der Waals surface area contributed by atoms with E-state index in [2.05, 4.69) is 50.5 Å². The second-order valence-corrected chi connectivity index (χ2v) is 10.2. The Labute approximate surface area is 213 Å². The van der Waals surface area contributed by atoms with Crippen molar-refractivity contribution in [1.29, 1.82) is 0 Å². The number of benzene rings is 3. The molecule has 0 aliphatic carbocycles. The van der Waals surface area contributed by atoms with Crippen molar-refractivity contribution in [2.75, 3.05) is 31.4 Å². The number of nitrogens with zero attached hydrogens (tertiary/aromatic N) is 2. The van der Waals surface area contributed by atoms with Crippen LogP contribution in [0.25, 0.3) is 32.1 Å². The van der Waals surface area contributed by atoms with Crippen molar-refractivity contribution in [2.24, 2.45) is 0 Å². The number of hydrogen-bond acceptors (Lipinski definition) is 4. The van der Waals surface area contributed by atoms with Crippen LogP contribution in [0.3, 0.4) is 0 Å². The van der Waals surface area contributed by atoms with Gasteiger partial charge in [-0.1, -0.05) is 23.7 Å². The number of aromatic nitrogens is 1. The molecule has 0 unspecified atom stereocenters. The Morgan fingerprint density at radius 1 is 1.03 bits per heavy atom. The lowest BCUT2D eigenvalue weighted by Gasteiger charge is -2.16. The van der Waals surface area contributed by atoms with Gasteiger partial charge in [0.1, 0.15) is 0 Å². The van der Waals surface area contributed by atoms with Crippen molar-refractivity contribution < 1.29 is 9.90 Å². The number of fused-ring (bicyclic) bond motifs is 2. The van der Waals surface area contributed by atoms with Gasteiger partial charge in [-0.2, -0.15) is 0 Å². The topological polar surface area (TPSA) is 57.5 Å². The first-order valence-electron chi connectivity index (χ1n) is 11.3. The van der Waals surface area contributed by atoms with Gasteiger partial charge in [-0.3, -0.25) is 4.79 Å². The largest absolute Gasteiger partial charge is 0.481 e. The number of thiophene rings is 1. The third kappa shape index (κ3) is 4.59. The number of carbonyl (C=O) groups is 1. The van der Waals surface area contributed by atoms with Crippen molar-refractivity contribution in [3.63, 3.8) is 0 Å². The molecule has 2 heterocycles. The Hall–Kier alpha value is -3.48. The molecule has 5 rings (SSSR count). The molecular weight excluding hydrogens is 478 g/mol. The summed E-state index contributed by atoms with van der Waals surface area (Å²) >= 11 is 7.97. The quantitative estimate of drug-likeness (QED) is 0.252. The highest BCUT2D eigenvalue weighted by Crippen LogP contribution is 2.34. The molecule has 0 atom stereocenters. The van der Waals surface area contributed by atoms with Crippen LogP contribution < -0.4 is 10.2 Å². The molecule has 0 spiro atoms. The molecule has 7 heteroatoms. The second-order valence-electron chi connectivity index (χ2n) is 8.90. The maximum Gasteiger partial charge on any atom is 0.307 e. The molecular formula is C28H26ClN3O2S. The average Bonchev–Trinajstić information content (AvgIpc) is 3.39. The second kappa shape index (κ2) is 9.29.